The van der Waals surface area contributed by atoms with Crippen molar-refractivity contribution in [2.24, 2.45) is 5.92 Å². The van der Waals surface area contributed by atoms with Crippen molar-refractivity contribution in [2.75, 3.05) is 30.9 Å². The van der Waals surface area contributed by atoms with Crippen molar-refractivity contribution in [2.45, 2.75) is 25.7 Å². The summed E-state index contributed by atoms with van der Waals surface area (Å²) in [5.74, 6) is 2.83. The summed E-state index contributed by atoms with van der Waals surface area (Å²) in [6.07, 6.45) is 7.15. The molecule has 88 valence electrons. The van der Waals surface area contributed by atoms with Crippen LogP contribution in [0.15, 0.2) is 12.4 Å². The number of hydrogen-bond donors (Lipinski definition) is 1. The van der Waals surface area contributed by atoms with E-state index in [2.05, 4.69) is 27.2 Å². The van der Waals surface area contributed by atoms with E-state index in [9.17, 15) is 0 Å². The summed E-state index contributed by atoms with van der Waals surface area (Å²) in [6.45, 7) is 1.09. The maximum Gasteiger partial charge on any atom is 0.133 e. The minimum Gasteiger partial charge on any atom is -0.373 e. The first kappa shape index (κ1) is 11.2. The quantitative estimate of drug-likeness (QED) is 0.825. The lowest BCUT2D eigenvalue weighted by atomic mass is 9.83. The van der Waals surface area contributed by atoms with Crippen molar-refractivity contribution in [1.82, 2.24) is 9.97 Å². The molecule has 4 heteroatoms. The summed E-state index contributed by atoms with van der Waals surface area (Å²) in [4.78, 5) is 10.6. The maximum absolute atomic E-state index is 4.28. The Kier molecular flexibility index (Phi) is 3.59. The normalized spacial score (nSPS) is 15.6. The van der Waals surface area contributed by atoms with Crippen LogP contribution in [0.5, 0.6) is 0 Å². The second kappa shape index (κ2) is 5.14. The molecule has 0 atom stereocenters. The molecule has 0 aromatic carbocycles. The largest absolute Gasteiger partial charge is 0.373 e. The monoisotopic (exact) mass is 220 g/mol. The molecule has 1 fully saturated rings. The molecule has 0 amide bonds. The van der Waals surface area contributed by atoms with Crippen LogP contribution < -0.4 is 10.2 Å². The number of anilines is 2. The van der Waals surface area contributed by atoms with Gasteiger partial charge in [0.25, 0.3) is 0 Å². The van der Waals surface area contributed by atoms with Crippen molar-refractivity contribution in [3.63, 3.8) is 0 Å². The smallest absolute Gasteiger partial charge is 0.133 e. The Morgan fingerprint density at radius 2 is 2.25 bits per heavy atom. The van der Waals surface area contributed by atoms with E-state index in [1.54, 1.807) is 6.33 Å². The molecule has 1 heterocycles. The molecule has 1 aliphatic carbocycles. The predicted octanol–water partition coefficient (Wildman–Crippen LogP) is 2.14. The van der Waals surface area contributed by atoms with E-state index in [0.29, 0.717) is 0 Å². The molecule has 4 nitrogen and oxygen atoms in total. The van der Waals surface area contributed by atoms with Crippen LogP contribution in [0, 0.1) is 5.92 Å². The van der Waals surface area contributed by atoms with Gasteiger partial charge in [0, 0.05) is 26.7 Å². The highest BCUT2D eigenvalue weighted by atomic mass is 15.2. The van der Waals surface area contributed by atoms with Gasteiger partial charge in [0.05, 0.1) is 0 Å². The minimum atomic E-state index is 0.875. The lowest BCUT2D eigenvalue weighted by Crippen LogP contribution is -2.24. The Morgan fingerprint density at radius 3 is 2.88 bits per heavy atom. The summed E-state index contributed by atoms with van der Waals surface area (Å²) < 4.78 is 0. The first-order chi connectivity index (χ1) is 7.79. The number of nitrogens with zero attached hydrogens (tertiary/aromatic N) is 3. The van der Waals surface area contributed by atoms with Gasteiger partial charge >= 0.3 is 0 Å². The van der Waals surface area contributed by atoms with Crippen LogP contribution in [0.25, 0.3) is 0 Å². The van der Waals surface area contributed by atoms with Gasteiger partial charge in [-0.05, 0) is 12.3 Å². The second-order valence-corrected chi connectivity index (χ2v) is 4.52. The Balaban J connectivity index is 1.88. The first-order valence-electron chi connectivity index (χ1n) is 6.00. The van der Waals surface area contributed by atoms with Crippen LogP contribution in [0.4, 0.5) is 11.6 Å². The molecule has 16 heavy (non-hydrogen) atoms. The van der Waals surface area contributed by atoms with Gasteiger partial charge in [0.15, 0.2) is 0 Å². The molecule has 1 aliphatic rings. The van der Waals surface area contributed by atoms with Crippen LogP contribution in [0.2, 0.25) is 0 Å². The standard InChI is InChI=1S/C12H20N4/c1-13-11-8-12(15-9-14-11)16(2)7-6-10-4-3-5-10/h8-10H,3-7H2,1-2H3,(H,13,14,15). The molecule has 0 spiro atoms. The number of nitrogens with one attached hydrogen (secondary N) is 1. The van der Waals surface area contributed by atoms with E-state index in [0.717, 1.165) is 24.1 Å². The van der Waals surface area contributed by atoms with Gasteiger partial charge in [-0.3, -0.25) is 0 Å². The molecule has 0 unspecified atom stereocenters. The lowest BCUT2D eigenvalue weighted by Gasteiger charge is -2.28. The zero-order valence-electron chi connectivity index (χ0n) is 10.1. The van der Waals surface area contributed by atoms with Gasteiger partial charge in [-0.2, -0.15) is 0 Å². The van der Waals surface area contributed by atoms with E-state index in [1.165, 1.54) is 25.7 Å². The Bertz CT molecular complexity index is 336. The fourth-order valence-electron chi connectivity index (χ4n) is 1.96. The predicted molar refractivity (Wildman–Crippen MR) is 66.8 cm³/mol. The van der Waals surface area contributed by atoms with Crippen molar-refractivity contribution >= 4 is 11.6 Å². The van der Waals surface area contributed by atoms with Crippen molar-refractivity contribution in [3.05, 3.63) is 12.4 Å². The third kappa shape index (κ3) is 2.62. The van der Waals surface area contributed by atoms with Crippen molar-refractivity contribution in [1.29, 1.82) is 0 Å². The van der Waals surface area contributed by atoms with Gasteiger partial charge in [0.1, 0.15) is 18.0 Å². The molecule has 0 bridgehead atoms. The van der Waals surface area contributed by atoms with Gasteiger partial charge in [-0.1, -0.05) is 19.3 Å². The number of aromatic nitrogens is 2. The third-order valence-electron chi connectivity index (χ3n) is 3.40. The summed E-state index contributed by atoms with van der Waals surface area (Å²) >= 11 is 0. The SMILES string of the molecule is CNc1cc(N(C)CCC2CCC2)ncn1. The average molecular weight is 220 g/mol. The Labute approximate surface area is 97.1 Å². The molecule has 0 aliphatic heterocycles. The molecule has 1 saturated carbocycles. The van der Waals surface area contributed by atoms with Gasteiger partial charge < -0.3 is 10.2 Å². The van der Waals surface area contributed by atoms with Gasteiger partial charge in [-0.25, -0.2) is 9.97 Å². The van der Waals surface area contributed by atoms with Crippen LogP contribution in [0.1, 0.15) is 25.7 Å². The molecule has 1 aromatic rings. The zero-order chi connectivity index (χ0) is 11.4. The lowest BCUT2D eigenvalue weighted by molar-refractivity contribution is 0.299. The fraction of sp³-hybridized carbons (Fsp3) is 0.667. The fourth-order valence-corrected chi connectivity index (χ4v) is 1.96. The van der Waals surface area contributed by atoms with Crippen molar-refractivity contribution < 1.29 is 0 Å². The van der Waals surface area contributed by atoms with Crippen LogP contribution in [-0.2, 0) is 0 Å². The highest BCUT2D eigenvalue weighted by molar-refractivity contribution is 5.47. The molecule has 1 N–H and O–H groups in total. The van der Waals surface area contributed by atoms with E-state index >= 15 is 0 Å². The number of rotatable bonds is 5. The molecule has 1 aromatic heterocycles. The van der Waals surface area contributed by atoms with Crippen LogP contribution in [-0.4, -0.2) is 30.6 Å². The second-order valence-electron chi connectivity index (χ2n) is 4.52. The van der Waals surface area contributed by atoms with Gasteiger partial charge in [0.2, 0.25) is 0 Å². The molecular weight excluding hydrogens is 200 g/mol. The highest BCUT2D eigenvalue weighted by Crippen LogP contribution is 2.29. The molecule has 2 rings (SSSR count). The van der Waals surface area contributed by atoms with Crippen LogP contribution >= 0.6 is 0 Å². The summed E-state index contributed by atoms with van der Waals surface area (Å²) in [5.41, 5.74) is 0. The highest BCUT2D eigenvalue weighted by Gasteiger charge is 2.17. The van der Waals surface area contributed by atoms with Crippen molar-refractivity contribution in [3.8, 4) is 0 Å². The maximum atomic E-state index is 4.28. The summed E-state index contributed by atoms with van der Waals surface area (Å²) in [6, 6.07) is 1.99. The molecule has 0 radical (unpaired) electrons. The van der Waals surface area contributed by atoms with Gasteiger partial charge in [-0.15, -0.1) is 0 Å². The Hall–Kier alpha value is -1.32. The Morgan fingerprint density at radius 1 is 1.44 bits per heavy atom. The summed E-state index contributed by atoms with van der Waals surface area (Å²) in [5, 5.41) is 3.03. The third-order valence-corrected chi connectivity index (χ3v) is 3.40. The molecular formula is C12H20N4. The minimum absolute atomic E-state index is 0.875. The van der Waals surface area contributed by atoms with E-state index in [1.807, 2.05) is 13.1 Å². The number of hydrogen-bond acceptors (Lipinski definition) is 4. The van der Waals surface area contributed by atoms with E-state index < -0.39 is 0 Å². The van der Waals surface area contributed by atoms with E-state index in [4.69, 9.17) is 0 Å². The first-order valence-corrected chi connectivity index (χ1v) is 6.00. The topological polar surface area (TPSA) is 41.0 Å². The molecule has 0 saturated heterocycles. The van der Waals surface area contributed by atoms with E-state index in [-0.39, 0.29) is 0 Å². The average Bonchev–Trinajstić information content (AvgIpc) is 2.27. The zero-order valence-corrected chi connectivity index (χ0v) is 10.1. The van der Waals surface area contributed by atoms with Crippen LogP contribution in [0.3, 0.4) is 0 Å². The summed E-state index contributed by atoms with van der Waals surface area (Å²) in [7, 11) is 3.97.